The number of ketones is 1. The number of hydrogen-bond acceptors (Lipinski definition) is 5. The second-order valence-electron chi connectivity index (χ2n) is 5.68. The Labute approximate surface area is 168 Å². The number of carbonyl (C=O) groups excluding carboxylic acids is 2. The summed E-state index contributed by atoms with van der Waals surface area (Å²) in [6, 6.07) is 13.0. The van der Waals surface area contributed by atoms with E-state index in [0.29, 0.717) is 17.7 Å². The molecule has 0 spiro atoms. The van der Waals surface area contributed by atoms with Gasteiger partial charge in [-0.3, -0.25) is 9.59 Å². The fourth-order valence-electron chi connectivity index (χ4n) is 2.34. The van der Waals surface area contributed by atoms with Gasteiger partial charge in [-0.2, -0.15) is 0 Å². The Morgan fingerprint density at radius 3 is 2.69 bits per heavy atom. The van der Waals surface area contributed by atoms with Gasteiger partial charge < -0.3 is 5.32 Å². The van der Waals surface area contributed by atoms with E-state index >= 15 is 0 Å². The molecule has 26 heavy (non-hydrogen) atoms. The van der Waals surface area contributed by atoms with Crippen LogP contribution < -0.4 is 5.32 Å². The molecule has 0 atom stereocenters. The number of Topliss-reactive ketones (excluding diaryl/α,β-unsaturated/α-hetero) is 1. The summed E-state index contributed by atoms with van der Waals surface area (Å²) >= 11 is 6.34. The highest BCUT2D eigenvalue weighted by molar-refractivity contribution is 9.10. The van der Waals surface area contributed by atoms with Crippen molar-refractivity contribution in [2.24, 2.45) is 0 Å². The number of rotatable bonds is 7. The van der Waals surface area contributed by atoms with Crippen LogP contribution in [0.3, 0.4) is 0 Å². The van der Waals surface area contributed by atoms with Crippen LogP contribution in [0.15, 0.2) is 51.3 Å². The summed E-state index contributed by atoms with van der Waals surface area (Å²) in [6.45, 7) is 1.98. The molecule has 0 aliphatic carbocycles. The molecule has 1 N–H and O–H groups in total. The number of nitrogens with one attached hydrogen (secondary N) is 1. The van der Waals surface area contributed by atoms with E-state index in [9.17, 15) is 9.59 Å². The zero-order valence-corrected chi connectivity index (χ0v) is 17.3. The van der Waals surface area contributed by atoms with E-state index in [1.165, 1.54) is 23.1 Å². The average molecular weight is 449 g/mol. The molecule has 0 radical (unpaired) electrons. The van der Waals surface area contributed by atoms with Gasteiger partial charge in [0.15, 0.2) is 10.1 Å². The lowest BCUT2D eigenvalue weighted by Gasteiger charge is -2.03. The average Bonchev–Trinajstić information content (AvgIpc) is 3.02. The van der Waals surface area contributed by atoms with E-state index in [1.807, 2.05) is 49.4 Å². The summed E-state index contributed by atoms with van der Waals surface area (Å²) in [6.07, 6.45) is 1.34. The largest absolute Gasteiger partial charge is 0.326 e. The molecular formula is C19H17BrN2O2S2. The number of nitrogens with zero attached hydrogens (tertiary/aromatic N) is 1. The Bertz CT molecular complexity index is 938. The van der Waals surface area contributed by atoms with E-state index in [2.05, 4.69) is 26.2 Å². The minimum absolute atomic E-state index is 0.0195. The van der Waals surface area contributed by atoms with Gasteiger partial charge in [-0.05, 0) is 36.8 Å². The topological polar surface area (TPSA) is 59.1 Å². The minimum atomic E-state index is 0.0195. The summed E-state index contributed by atoms with van der Waals surface area (Å²) in [5, 5.41) is 2.90. The molecule has 3 rings (SSSR count). The van der Waals surface area contributed by atoms with Gasteiger partial charge >= 0.3 is 0 Å². The van der Waals surface area contributed by atoms with E-state index in [-0.39, 0.29) is 11.7 Å². The first-order chi connectivity index (χ1) is 12.5. The van der Waals surface area contributed by atoms with Crippen molar-refractivity contribution in [3.05, 3.63) is 52.5 Å². The molecule has 0 saturated heterocycles. The van der Waals surface area contributed by atoms with Crippen molar-refractivity contribution in [3.8, 4) is 0 Å². The third kappa shape index (κ3) is 4.93. The van der Waals surface area contributed by atoms with Crippen LogP contribution >= 0.6 is 39.0 Å². The Morgan fingerprint density at radius 1 is 1.19 bits per heavy atom. The predicted octanol–water partition coefficient (Wildman–Crippen LogP) is 5.77. The molecule has 0 aliphatic rings. The van der Waals surface area contributed by atoms with Crippen molar-refractivity contribution in [2.75, 3.05) is 11.1 Å². The van der Waals surface area contributed by atoms with Gasteiger partial charge in [-0.1, -0.05) is 46.7 Å². The minimum Gasteiger partial charge on any atom is -0.326 e. The van der Waals surface area contributed by atoms with E-state index in [0.717, 1.165) is 31.1 Å². The standard InChI is InChI=1S/C19H17BrN2O2S2/c1-2-3-18(24)21-14-8-9-15-17(10-14)26-19(22-15)25-11-16(23)12-4-6-13(20)7-5-12/h4-10H,2-3,11H2,1H3,(H,21,24). The molecule has 0 fully saturated rings. The van der Waals surface area contributed by atoms with E-state index in [4.69, 9.17) is 0 Å². The normalized spacial score (nSPS) is 10.8. The fourth-order valence-corrected chi connectivity index (χ4v) is 4.61. The fraction of sp³-hybridized carbons (Fsp3) is 0.211. The number of thioether (sulfide) groups is 1. The van der Waals surface area contributed by atoms with Gasteiger partial charge in [-0.25, -0.2) is 4.98 Å². The highest BCUT2D eigenvalue weighted by Crippen LogP contribution is 2.31. The molecule has 3 aromatic rings. The van der Waals surface area contributed by atoms with Crippen LogP contribution in [0.4, 0.5) is 5.69 Å². The van der Waals surface area contributed by atoms with Gasteiger partial charge in [-0.15, -0.1) is 11.3 Å². The third-order valence-corrected chi connectivity index (χ3v) is 6.31. The zero-order valence-electron chi connectivity index (χ0n) is 14.1. The molecule has 1 amide bonds. The van der Waals surface area contributed by atoms with Crippen LogP contribution in [0.5, 0.6) is 0 Å². The maximum atomic E-state index is 12.3. The lowest BCUT2D eigenvalue weighted by molar-refractivity contribution is -0.116. The molecule has 0 saturated carbocycles. The maximum absolute atomic E-state index is 12.3. The lowest BCUT2D eigenvalue weighted by Crippen LogP contribution is -2.10. The van der Waals surface area contributed by atoms with Crippen molar-refractivity contribution in [1.29, 1.82) is 0 Å². The summed E-state index contributed by atoms with van der Waals surface area (Å²) in [5.74, 6) is 0.446. The number of carbonyl (C=O) groups is 2. The molecule has 7 heteroatoms. The van der Waals surface area contributed by atoms with Crippen molar-refractivity contribution < 1.29 is 9.59 Å². The molecule has 0 aliphatic heterocycles. The highest BCUT2D eigenvalue weighted by Gasteiger charge is 2.11. The van der Waals surface area contributed by atoms with Gasteiger partial charge in [0.2, 0.25) is 5.91 Å². The number of aromatic nitrogens is 1. The summed E-state index contributed by atoms with van der Waals surface area (Å²) < 4.78 is 2.80. The number of thiazole rings is 1. The number of anilines is 1. The van der Waals surface area contributed by atoms with Crippen LogP contribution in [-0.4, -0.2) is 22.4 Å². The second-order valence-corrected chi connectivity index (χ2v) is 8.85. The molecule has 2 aromatic carbocycles. The molecular weight excluding hydrogens is 432 g/mol. The first-order valence-corrected chi connectivity index (χ1v) is 10.8. The molecule has 0 bridgehead atoms. The summed E-state index contributed by atoms with van der Waals surface area (Å²) in [4.78, 5) is 28.6. The van der Waals surface area contributed by atoms with Crippen molar-refractivity contribution in [1.82, 2.24) is 4.98 Å². The van der Waals surface area contributed by atoms with Gasteiger partial charge in [0.1, 0.15) is 0 Å². The monoisotopic (exact) mass is 448 g/mol. The van der Waals surface area contributed by atoms with Crippen LogP contribution in [0.1, 0.15) is 30.1 Å². The smallest absolute Gasteiger partial charge is 0.224 e. The van der Waals surface area contributed by atoms with Gasteiger partial charge in [0, 0.05) is 22.1 Å². The predicted molar refractivity (Wildman–Crippen MR) is 112 cm³/mol. The molecule has 0 unspecified atom stereocenters. The Balaban J connectivity index is 1.66. The summed E-state index contributed by atoms with van der Waals surface area (Å²) in [5.41, 5.74) is 2.35. The molecule has 4 nitrogen and oxygen atoms in total. The maximum Gasteiger partial charge on any atom is 0.224 e. The van der Waals surface area contributed by atoms with Crippen molar-refractivity contribution in [3.63, 3.8) is 0 Å². The Hall–Kier alpha value is -1.70. The van der Waals surface area contributed by atoms with E-state index < -0.39 is 0 Å². The highest BCUT2D eigenvalue weighted by atomic mass is 79.9. The number of halogens is 1. The quantitative estimate of drug-likeness (QED) is 0.367. The first-order valence-electron chi connectivity index (χ1n) is 8.17. The van der Waals surface area contributed by atoms with Gasteiger partial charge in [0.05, 0.1) is 16.0 Å². The van der Waals surface area contributed by atoms with Crippen LogP contribution in [0, 0.1) is 0 Å². The van der Waals surface area contributed by atoms with Crippen LogP contribution in [-0.2, 0) is 4.79 Å². The second kappa shape index (κ2) is 8.79. The number of fused-ring (bicyclic) bond motifs is 1. The molecule has 134 valence electrons. The Kier molecular flexibility index (Phi) is 6.45. The molecule has 1 aromatic heterocycles. The zero-order chi connectivity index (χ0) is 18.5. The van der Waals surface area contributed by atoms with Crippen molar-refractivity contribution >= 4 is 66.6 Å². The van der Waals surface area contributed by atoms with Gasteiger partial charge in [0.25, 0.3) is 0 Å². The third-order valence-electron chi connectivity index (χ3n) is 3.62. The molecule has 1 heterocycles. The first kappa shape index (κ1) is 19.1. The number of benzene rings is 2. The lowest BCUT2D eigenvalue weighted by atomic mass is 10.2. The van der Waals surface area contributed by atoms with Crippen LogP contribution in [0.2, 0.25) is 0 Å². The summed E-state index contributed by atoms with van der Waals surface area (Å²) in [7, 11) is 0. The Morgan fingerprint density at radius 2 is 1.96 bits per heavy atom. The number of hydrogen-bond donors (Lipinski definition) is 1. The SMILES string of the molecule is CCCC(=O)Nc1ccc2nc(SCC(=O)c3ccc(Br)cc3)sc2c1. The number of amides is 1. The van der Waals surface area contributed by atoms with E-state index in [1.54, 1.807) is 0 Å². The van der Waals surface area contributed by atoms with Crippen LogP contribution in [0.25, 0.3) is 10.2 Å². The van der Waals surface area contributed by atoms with Crippen molar-refractivity contribution in [2.45, 2.75) is 24.1 Å².